The van der Waals surface area contributed by atoms with Crippen LogP contribution in [0.4, 0.5) is 0 Å². The monoisotopic (exact) mass is 164 g/mol. The van der Waals surface area contributed by atoms with E-state index >= 15 is 0 Å². The molecular weight excluding hydrogens is 152 g/mol. The maximum Gasteiger partial charge on any atom is 0.00858 e. The molecule has 1 aromatic carbocycles. The predicted octanol–water partition coefficient (Wildman–Crippen LogP) is 2.94. The van der Waals surface area contributed by atoms with E-state index in [2.05, 4.69) is 37.8 Å². The van der Waals surface area contributed by atoms with Crippen LogP contribution in [0, 0.1) is 6.92 Å². The lowest BCUT2D eigenvalue weighted by Crippen LogP contribution is -1.77. The van der Waals surface area contributed by atoms with Crippen LogP contribution in [0.5, 0.6) is 0 Å². The Balaban J connectivity index is 2.86. The summed E-state index contributed by atoms with van der Waals surface area (Å²) in [5.74, 6) is 0.800. The van der Waals surface area contributed by atoms with Gasteiger partial charge in [0.1, 0.15) is 0 Å². The fourth-order valence-electron chi connectivity index (χ4n) is 0.953. The van der Waals surface area contributed by atoms with Crippen molar-refractivity contribution in [1.29, 1.82) is 0 Å². The number of rotatable bonds is 2. The van der Waals surface area contributed by atoms with Gasteiger partial charge in [-0.25, -0.2) is 0 Å². The molecular formula is C10H12S. The first-order valence-electron chi connectivity index (χ1n) is 3.67. The molecule has 0 N–H and O–H groups in total. The third-order valence-corrected chi connectivity index (χ3v) is 1.80. The molecule has 0 saturated carbocycles. The number of aryl methyl sites for hydroxylation is 1. The summed E-state index contributed by atoms with van der Waals surface area (Å²) < 4.78 is 0. The zero-order chi connectivity index (χ0) is 8.10. The molecule has 0 aliphatic carbocycles. The Morgan fingerprint density at radius 2 is 2.09 bits per heavy atom. The highest BCUT2D eigenvalue weighted by molar-refractivity contribution is 7.80. The smallest absolute Gasteiger partial charge is 0.00858 e. The van der Waals surface area contributed by atoms with Crippen molar-refractivity contribution in [1.82, 2.24) is 0 Å². The Bertz CT molecular complexity index is 251. The van der Waals surface area contributed by atoms with Crippen molar-refractivity contribution in [3.8, 4) is 0 Å². The van der Waals surface area contributed by atoms with Gasteiger partial charge in [-0.2, -0.15) is 12.6 Å². The molecule has 0 aromatic heterocycles. The standard InChI is InChI=1S/C10H12S/c1-9-5-2-3-6-10(9)7-4-8-11/h2-7,11H,8H2,1H3/b7-4+. The molecule has 58 valence electrons. The van der Waals surface area contributed by atoms with Gasteiger partial charge in [-0.05, 0) is 18.1 Å². The molecule has 0 saturated heterocycles. The van der Waals surface area contributed by atoms with E-state index < -0.39 is 0 Å². The van der Waals surface area contributed by atoms with Crippen LogP contribution in [0.15, 0.2) is 30.3 Å². The summed E-state index contributed by atoms with van der Waals surface area (Å²) in [5, 5.41) is 0. The Kier molecular flexibility index (Phi) is 3.24. The summed E-state index contributed by atoms with van der Waals surface area (Å²) in [6.07, 6.45) is 4.15. The molecule has 0 radical (unpaired) electrons. The number of thiol groups is 1. The van der Waals surface area contributed by atoms with E-state index in [1.165, 1.54) is 11.1 Å². The zero-order valence-electron chi connectivity index (χ0n) is 6.62. The average Bonchev–Trinajstić information content (AvgIpc) is 2.03. The lowest BCUT2D eigenvalue weighted by molar-refractivity contribution is 1.44. The van der Waals surface area contributed by atoms with E-state index in [-0.39, 0.29) is 0 Å². The average molecular weight is 164 g/mol. The fraction of sp³-hybridized carbons (Fsp3) is 0.200. The topological polar surface area (TPSA) is 0 Å². The van der Waals surface area contributed by atoms with Crippen LogP contribution in [0.2, 0.25) is 0 Å². The van der Waals surface area contributed by atoms with Crippen molar-refractivity contribution in [2.75, 3.05) is 5.75 Å². The minimum atomic E-state index is 0.800. The first-order valence-corrected chi connectivity index (χ1v) is 4.31. The summed E-state index contributed by atoms with van der Waals surface area (Å²) in [7, 11) is 0. The van der Waals surface area contributed by atoms with Gasteiger partial charge in [0, 0.05) is 5.75 Å². The summed E-state index contributed by atoms with van der Waals surface area (Å²) in [4.78, 5) is 0. The molecule has 0 unspecified atom stereocenters. The Hall–Kier alpha value is -0.690. The lowest BCUT2D eigenvalue weighted by atomic mass is 10.1. The Labute approximate surface area is 73.4 Å². The predicted molar refractivity (Wildman–Crippen MR) is 54.1 cm³/mol. The number of benzene rings is 1. The highest BCUT2D eigenvalue weighted by Gasteiger charge is 1.88. The number of hydrogen-bond donors (Lipinski definition) is 1. The second-order valence-corrected chi connectivity index (χ2v) is 2.81. The van der Waals surface area contributed by atoms with Gasteiger partial charge in [0.05, 0.1) is 0 Å². The number of hydrogen-bond acceptors (Lipinski definition) is 1. The third-order valence-electron chi connectivity index (χ3n) is 1.59. The SMILES string of the molecule is Cc1ccccc1/C=C/CS. The molecule has 1 heteroatoms. The molecule has 0 aliphatic heterocycles. The minimum Gasteiger partial charge on any atom is -0.175 e. The van der Waals surface area contributed by atoms with Gasteiger partial charge in [0.2, 0.25) is 0 Å². The minimum absolute atomic E-state index is 0.800. The Morgan fingerprint density at radius 1 is 1.36 bits per heavy atom. The molecule has 1 rings (SSSR count). The van der Waals surface area contributed by atoms with Crippen LogP contribution in [0.25, 0.3) is 6.08 Å². The van der Waals surface area contributed by atoms with Gasteiger partial charge in [-0.15, -0.1) is 0 Å². The van der Waals surface area contributed by atoms with Gasteiger partial charge >= 0.3 is 0 Å². The zero-order valence-corrected chi connectivity index (χ0v) is 7.51. The highest BCUT2D eigenvalue weighted by Crippen LogP contribution is 2.08. The second-order valence-electron chi connectivity index (χ2n) is 2.44. The summed E-state index contributed by atoms with van der Waals surface area (Å²) in [5.41, 5.74) is 2.59. The second kappa shape index (κ2) is 4.24. The van der Waals surface area contributed by atoms with E-state index in [0.29, 0.717) is 0 Å². The van der Waals surface area contributed by atoms with Gasteiger partial charge in [-0.3, -0.25) is 0 Å². The summed E-state index contributed by atoms with van der Waals surface area (Å²) in [6.45, 7) is 2.11. The summed E-state index contributed by atoms with van der Waals surface area (Å²) in [6, 6.07) is 8.31. The van der Waals surface area contributed by atoms with E-state index in [1.807, 2.05) is 18.2 Å². The maximum absolute atomic E-state index is 4.10. The van der Waals surface area contributed by atoms with Crippen molar-refractivity contribution < 1.29 is 0 Å². The first kappa shape index (κ1) is 8.41. The van der Waals surface area contributed by atoms with Crippen molar-refractivity contribution in [2.24, 2.45) is 0 Å². The van der Waals surface area contributed by atoms with Crippen molar-refractivity contribution in [2.45, 2.75) is 6.92 Å². The molecule has 0 heterocycles. The van der Waals surface area contributed by atoms with Crippen molar-refractivity contribution >= 4 is 18.7 Å². The van der Waals surface area contributed by atoms with Crippen LogP contribution < -0.4 is 0 Å². The van der Waals surface area contributed by atoms with Crippen LogP contribution in [-0.2, 0) is 0 Å². The van der Waals surface area contributed by atoms with E-state index in [1.54, 1.807) is 0 Å². The maximum atomic E-state index is 4.10. The fourth-order valence-corrected chi connectivity index (χ4v) is 1.06. The quantitative estimate of drug-likeness (QED) is 0.638. The summed E-state index contributed by atoms with van der Waals surface area (Å²) >= 11 is 4.10. The van der Waals surface area contributed by atoms with Gasteiger partial charge < -0.3 is 0 Å². The molecule has 0 spiro atoms. The van der Waals surface area contributed by atoms with Crippen LogP contribution in [0.1, 0.15) is 11.1 Å². The van der Waals surface area contributed by atoms with Gasteiger partial charge in [0.15, 0.2) is 0 Å². The van der Waals surface area contributed by atoms with Crippen LogP contribution in [-0.4, -0.2) is 5.75 Å². The van der Waals surface area contributed by atoms with E-state index in [4.69, 9.17) is 0 Å². The Morgan fingerprint density at radius 3 is 2.73 bits per heavy atom. The van der Waals surface area contributed by atoms with Crippen molar-refractivity contribution in [3.63, 3.8) is 0 Å². The molecule has 1 aromatic rings. The van der Waals surface area contributed by atoms with Crippen molar-refractivity contribution in [3.05, 3.63) is 41.5 Å². The largest absolute Gasteiger partial charge is 0.175 e. The molecule has 0 amide bonds. The molecule has 11 heavy (non-hydrogen) atoms. The third kappa shape index (κ3) is 2.43. The molecule has 0 aliphatic rings. The molecule has 0 atom stereocenters. The lowest BCUT2D eigenvalue weighted by Gasteiger charge is -1.96. The van der Waals surface area contributed by atoms with E-state index in [0.717, 1.165) is 5.75 Å². The van der Waals surface area contributed by atoms with E-state index in [9.17, 15) is 0 Å². The van der Waals surface area contributed by atoms with Gasteiger partial charge in [-0.1, -0.05) is 36.4 Å². The normalized spacial score (nSPS) is 10.7. The first-order chi connectivity index (χ1) is 5.34. The van der Waals surface area contributed by atoms with Crippen LogP contribution >= 0.6 is 12.6 Å². The van der Waals surface area contributed by atoms with Gasteiger partial charge in [0.25, 0.3) is 0 Å². The molecule has 0 fully saturated rings. The molecule has 0 bridgehead atoms. The van der Waals surface area contributed by atoms with Crippen LogP contribution in [0.3, 0.4) is 0 Å². The molecule has 0 nitrogen and oxygen atoms in total. The highest BCUT2D eigenvalue weighted by atomic mass is 32.1.